The molecule has 0 heterocycles. The SMILES string of the molecule is COc1cc(C(=O)C=CNc2ccccc2Cl)cc(OC)c1OC. The molecular weight excluding hydrogens is 330 g/mol. The Morgan fingerprint density at radius 3 is 2.21 bits per heavy atom. The van der Waals surface area contributed by atoms with Gasteiger partial charge in [0.15, 0.2) is 17.3 Å². The number of para-hydroxylation sites is 1. The molecule has 24 heavy (non-hydrogen) atoms. The fourth-order valence-electron chi connectivity index (χ4n) is 2.10. The minimum atomic E-state index is -0.214. The highest BCUT2D eigenvalue weighted by Gasteiger charge is 2.15. The van der Waals surface area contributed by atoms with E-state index in [1.165, 1.54) is 33.6 Å². The number of carbonyl (C=O) groups excluding carboxylic acids is 1. The van der Waals surface area contributed by atoms with Crippen molar-refractivity contribution in [3.8, 4) is 17.2 Å². The fourth-order valence-corrected chi connectivity index (χ4v) is 2.30. The Hall–Kier alpha value is -2.66. The molecule has 0 spiro atoms. The van der Waals surface area contributed by atoms with Crippen molar-refractivity contribution in [1.29, 1.82) is 0 Å². The summed E-state index contributed by atoms with van der Waals surface area (Å²) >= 11 is 6.04. The largest absolute Gasteiger partial charge is 0.493 e. The molecule has 2 aromatic rings. The highest BCUT2D eigenvalue weighted by atomic mass is 35.5. The predicted molar refractivity (Wildman–Crippen MR) is 94.6 cm³/mol. The first-order valence-electron chi connectivity index (χ1n) is 7.12. The van der Waals surface area contributed by atoms with Gasteiger partial charge >= 0.3 is 0 Å². The summed E-state index contributed by atoms with van der Waals surface area (Å²) in [7, 11) is 4.51. The van der Waals surface area contributed by atoms with Gasteiger partial charge in [-0.1, -0.05) is 23.7 Å². The molecule has 0 radical (unpaired) electrons. The zero-order valence-electron chi connectivity index (χ0n) is 13.6. The van der Waals surface area contributed by atoms with Gasteiger partial charge in [0, 0.05) is 17.8 Å². The van der Waals surface area contributed by atoms with Gasteiger partial charge in [-0.25, -0.2) is 0 Å². The number of rotatable bonds is 7. The average Bonchev–Trinajstić information content (AvgIpc) is 2.61. The lowest BCUT2D eigenvalue weighted by Crippen LogP contribution is -2.01. The van der Waals surface area contributed by atoms with Crippen LogP contribution in [0.3, 0.4) is 0 Å². The Morgan fingerprint density at radius 1 is 1.04 bits per heavy atom. The third-order valence-corrected chi connectivity index (χ3v) is 3.63. The lowest BCUT2D eigenvalue weighted by atomic mass is 10.1. The van der Waals surface area contributed by atoms with Gasteiger partial charge in [0.1, 0.15) is 0 Å². The van der Waals surface area contributed by atoms with E-state index in [0.717, 1.165) is 0 Å². The van der Waals surface area contributed by atoms with Crippen LogP contribution in [0.2, 0.25) is 5.02 Å². The van der Waals surface area contributed by atoms with E-state index >= 15 is 0 Å². The molecule has 5 nitrogen and oxygen atoms in total. The first-order chi connectivity index (χ1) is 11.6. The monoisotopic (exact) mass is 347 g/mol. The van der Waals surface area contributed by atoms with Gasteiger partial charge in [-0.15, -0.1) is 0 Å². The van der Waals surface area contributed by atoms with Crippen LogP contribution >= 0.6 is 11.6 Å². The third kappa shape index (κ3) is 4.00. The van der Waals surface area contributed by atoms with Crippen molar-refractivity contribution in [3.05, 3.63) is 59.3 Å². The maximum Gasteiger partial charge on any atom is 0.203 e. The Labute approximate surface area is 145 Å². The number of ketones is 1. The van der Waals surface area contributed by atoms with Crippen molar-refractivity contribution in [2.24, 2.45) is 0 Å². The number of halogens is 1. The van der Waals surface area contributed by atoms with E-state index < -0.39 is 0 Å². The maximum atomic E-state index is 12.3. The molecule has 0 amide bonds. The minimum Gasteiger partial charge on any atom is -0.493 e. The van der Waals surface area contributed by atoms with Crippen LogP contribution < -0.4 is 19.5 Å². The smallest absolute Gasteiger partial charge is 0.203 e. The minimum absolute atomic E-state index is 0.214. The molecule has 2 rings (SSSR count). The zero-order chi connectivity index (χ0) is 17.5. The Bertz CT molecular complexity index is 733. The van der Waals surface area contributed by atoms with Crippen LogP contribution in [-0.2, 0) is 0 Å². The normalized spacial score (nSPS) is 10.5. The second kappa shape index (κ2) is 8.26. The van der Waals surface area contributed by atoms with E-state index in [2.05, 4.69) is 5.32 Å². The lowest BCUT2D eigenvalue weighted by molar-refractivity contribution is 0.104. The molecule has 0 saturated heterocycles. The van der Waals surface area contributed by atoms with Gasteiger partial charge in [-0.2, -0.15) is 0 Å². The number of carbonyl (C=O) groups is 1. The van der Waals surface area contributed by atoms with Crippen molar-refractivity contribution in [2.75, 3.05) is 26.6 Å². The number of hydrogen-bond donors (Lipinski definition) is 1. The Morgan fingerprint density at radius 2 is 1.67 bits per heavy atom. The van der Waals surface area contributed by atoms with Crippen molar-refractivity contribution in [3.63, 3.8) is 0 Å². The summed E-state index contributed by atoms with van der Waals surface area (Å²) in [4.78, 5) is 12.3. The summed E-state index contributed by atoms with van der Waals surface area (Å²) in [5, 5.41) is 3.54. The summed E-state index contributed by atoms with van der Waals surface area (Å²) in [5.74, 6) is 1.07. The van der Waals surface area contributed by atoms with Crippen LogP contribution in [0.4, 0.5) is 5.69 Å². The second-order valence-electron chi connectivity index (χ2n) is 4.74. The van der Waals surface area contributed by atoms with Crippen molar-refractivity contribution in [1.82, 2.24) is 0 Å². The highest BCUT2D eigenvalue weighted by molar-refractivity contribution is 6.33. The summed E-state index contributed by atoms with van der Waals surface area (Å²) in [6.07, 6.45) is 2.94. The summed E-state index contributed by atoms with van der Waals surface area (Å²) in [5.41, 5.74) is 1.13. The molecule has 0 fully saturated rings. The molecule has 0 aliphatic rings. The average molecular weight is 348 g/mol. The molecule has 126 valence electrons. The number of anilines is 1. The number of hydrogen-bond acceptors (Lipinski definition) is 5. The van der Waals surface area contributed by atoms with E-state index in [-0.39, 0.29) is 5.78 Å². The molecule has 1 N–H and O–H groups in total. The Kier molecular flexibility index (Phi) is 6.09. The fraction of sp³-hybridized carbons (Fsp3) is 0.167. The number of allylic oxidation sites excluding steroid dienone is 1. The number of methoxy groups -OCH3 is 3. The van der Waals surface area contributed by atoms with Crippen LogP contribution in [0.15, 0.2) is 48.7 Å². The van der Waals surface area contributed by atoms with Crippen molar-refractivity contribution in [2.45, 2.75) is 0 Å². The molecule has 0 bridgehead atoms. The standard InChI is InChI=1S/C18H18ClNO4/c1-22-16-10-12(11-17(23-2)18(16)24-3)15(21)8-9-20-14-7-5-4-6-13(14)19/h4-11,20H,1-3H3. The molecule has 0 atom stereocenters. The van der Waals surface area contributed by atoms with E-state index in [0.29, 0.717) is 33.5 Å². The highest BCUT2D eigenvalue weighted by Crippen LogP contribution is 2.38. The molecule has 2 aromatic carbocycles. The quantitative estimate of drug-likeness (QED) is 0.601. The molecule has 0 aromatic heterocycles. The second-order valence-corrected chi connectivity index (χ2v) is 5.14. The van der Waals surface area contributed by atoms with Crippen LogP contribution in [-0.4, -0.2) is 27.1 Å². The van der Waals surface area contributed by atoms with Crippen molar-refractivity contribution >= 4 is 23.1 Å². The summed E-state index contributed by atoms with van der Waals surface area (Å²) < 4.78 is 15.7. The lowest BCUT2D eigenvalue weighted by Gasteiger charge is -2.13. The topological polar surface area (TPSA) is 56.8 Å². The van der Waals surface area contributed by atoms with Gasteiger partial charge in [0.25, 0.3) is 0 Å². The number of benzene rings is 2. The predicted octanol–water partition coefficient (Wildman–Crippen LogP) is 4.17. The van der Waals surface area contributed by atoms with Gasteiger partial charge in [0.05, 0.1) is 32.0 Å². The molecule has 0 saturated carbocycles. The first kappa shape index (κ1) is 17.7. The molecule has 6 heteroatoms. The van der Waals surface area contributed by atoms with Crippen LogP contribution in [0.5, 0.6) is 17.2 Å². The molecular formula is C18H18ClNO4. The molecule has 0 aliphatic carbocycles. The van der Waals surface area contributed by atoms with Crippen molar-refractivity contribution < 1.29 is 19.0 Å². The molecule has 0 unspecified atom stereocenters. The van der Waals surface area contributed by atoms with E-state index in [1.54, 1.807) is 18.2 Å². The van der Waals surface area contributed by atoms with Crippen LogP contribution in [0, 0.1) is 0 Å². The number of ether oxygens (including phenoxy) is 3. The van der Waals surface area contributed by atoms with Gasteiger partial charge in [-0.3, -0.25) is 4.79 Å². The van der Waals surface area contributed by atoms with Crippen LogP contribution in [0.1, 0.15) is 10.4 Å². The van der Waals surface area contributed by atoms with Gasteiger partial charge in [0.2, 0.25) is 5.75 Å². The summed E-state index contributed by atoms with van der Waals surface area (Å²) in [6, 6.07) is 10.5. The maximum absolute atomic E-state index is 12.3. The van der Waals surface area contributed by atoms with E-state index in [9.17, 15) is 4.79 Å². The van der Waals surface area contributed by atoms with Gasteiger partial charge in [-0.05, 0) is 24.3 Å². The Balaban J connectivity index is 2.20. The summed E-state index contributed by atoms with van der Waals surface area (Å²) in [6.45, 7) is 0. The van der Waals surface area contributed by atoms with Crippen LogP contribution in [0.25, 0.3) is 0 Å². The first-order valence-corrected chi connectivity index (χ1v) is 7.50. The third-order valence-electron chi connectivity index (χ3n) is 3.30. The van der Waals surface area contributed by atoms with Gasteiger partial charge < -0.3 is 19.5 Å². The van der Waals surface area contributed by atoms with E-state index in [4.69, 9.17) is 25.8 Å². The zero-order valence-corrected chi connectivity index (χ0v) is 14.4. The number of nitrogens with one attached hydrogen (secondary N) is 1. The molecule has 0 aliphatic heterocycles. The van der Waals surface area contributed by atoms with E-state index in [1.807, 2.05) is 18.2 Å².